The SMILES string of the molecule is CCCCCC1(F)CCCCC1. The normalized spacial score (nSPS) is 22.5. The van der Waals surface area contributed by atoms with Gasteiger partial charge in [-0.3, -0.25) is 0 Å². The zero-order chi connectivity index (χ0) is 8.86. The van der Waals surface area contributed by atoms with E-state index in [4.69, 9.17) is 0 Å². The van der Waals surface area contributed by atoms with Gasteiger partial charge in [-0.2, -0.15) is 0 Å². The Morgan fingerprint density at radius 2 is 1.75 bits per heavy atom. The van der Waals surface area contributed by atoms with Gasteiger partial charge in [-0.1, -0.05) is 45.4 Å². The molecule has 1 aliphatic carbocycles. The molecule has 1 fully saturated rings. The fourth-order valence-electron chi connectivity index (χ4n) is 2.13. The van der Waals surface area contributed by atoms with E-state index in [1.807, 2.05) is 0 Å². The molecule has 72 valence electrons. The third kappa shape index (κ3) is 3.12. The van der Waals surface area contributed by atoms with Gasteiger partial charge in [-0.05, 0) is 19.3 Å². The summed E-state index contributed by atoms with van der Waals surface area (Å²) in [4.78, 5) is 0. The third-order valence-corrected chi connectivity index (χ3v) is 2.98. The molecule has 0 N–H and O–H groups in total. The van der Waals surface area contributed by atoms with Crippen molar-refractivity contribution in [1.29, 1.82) is 0 Å². The number of hydrogen-bond donors (Lipinski definition) is 0. The van der Waals surface area contributed by atoms with E-state index < -0.39 is 5.67 Å². The predicted molar refractivity (Wildman–Crippen MR) is 51.1 cm³/mol. The van der Waals surface area contributed by atoms with Crippen molar-refractivity contribution in [3.63, 3.8) is 0 Å². The predicted octanol–water partition coefficient (Wildman–Crippen LogP) is 4.24. The summed E-state index contributed by atoms with van der Waals surface area (Å²) in [6.07, 6.45) is 9.45. The van der Waals surface area contributed by atoms with E-state index in [-0.39, 0.29) is 0 Å². The van der Waals surface area contributed by atoms with Crippen molar-refractivity contribution in [3.05, 3.63) is 0 Å². The molecule has 0 saturated heterocycles. The van der Waals surface area contributed by atoms with Crippen LogP contribution in [0.15, 0.2) is 0 Å². The highest BCUT2D eigenvalue weighted by Gasteiger charge is 2.30. The van der Waals surface area contributed by atoms with Crippen LogP contribution >= 0.6 is 0 Å². The summed E-state index contributed by atoms with van der Waals surface area (Å²) in [7, 11) is 0. The van der Waals surface area contributed by atoms with E-state index in [0.717, 1.165) is 38.5 Å². The van der Waals surface area contributed by atoms with E-state index in [1.54, 1.807) is 0 Å². The molecule has 0 nitrogen and oxygen atoms in total. The summed E-state index contributed by atoms with van der Waals surface area (Å²) < 4.78 is 13.9. The lowest BCUT2D eigenvalue weighted by atomic mass is 9.83. The molecule has 0 aromatic rings. The van der Waals surface area contributed by atoms with Crippen molar-refractivity contribution in [2.45, 2.75) is 70.4 Å². The molecule has 0 spiro atoms. The molecule has 0 bridgehead atoms. The molecule has 0 aromatic carbocycles. The Morgan fingerprint density at radius 3 is 2.33 bits per heavy atom. The fourth-order valence-corrected chi connectivity index (χ4v) is 2.13. The minimum Gasteiger partial charge on any atom is -0.244 e. The summed E-state index contributed by atoms with van der Waals surface area (Å²) in [5, 5.41) is 0. The molecular formula is C11H21F. The Kier molecular flexibility index (Phi) is 4.03. The van der Waals surface area contributed by atoms with E-state index in [2.05, 4.69) is 6.92 Å². The molecule has 12 heavy (non-hydrogen) atoms. The quantitative estimate of drug-likeness (QED) is 0.556. The largest absolute Gasteiger partial charge is 0.244 e. The van der Waals surface area contributed by atoms with Gasteiger partial charge < -0.3 is 0 Å². The first-order valence-electron chi connectivity index (χ1n) is 5.46. The molecule has 0 aliphatic heterocycles. The van der Waals surface area contributed by atoms with Crippen LogP contribution in [0.4, 0.5) is 4.39 Å². The van der Waals surface area contributed by atoms with Crippen LogP contribution < -0.4 is 0 Å². The van der Waals surface area contributed by atoms with E-state index in [9.17, 15) is 4.39 Å². The highest BCUT2D eigenvalue weighted by molar-refractivity contribution is 4.82. The van der Waals surface area contributed by atoms with Crippen LogP contribution in [-0.2, 0) is 0 Å². The molecular weight excluding hydrogens is 151 g/mol. The highest BCUT2D eigenvalue weighted by Crippen LogP contribution is 2.35. The van der Waals surface area contributed by atoms with Gasteiger partial charge in [-0.25, -0.2) is 4.39 Å². The van der Waals surface area contributed by atoms with Crippen LogP contribution in [0.2, 0.25) is 0 Å². The fraction of sp³-hybridized carbons (Fsp3) is 1.00. The monoisotopic (exact) mass is 172 g/mol. The highest BCUT2D eigenvalue weighted by atomic mass is 19.1. The first kappa shape index (κ1) is 10.0. The van der Waals surface area contributed by atoms with Crippen molar-refractivity contribution >= 4 is 0 Å². The minimum absolute atomic E-state index is 0.770. The maximum atomic E-state index is 13.9. The molecule has 0 heterocycles. The van der Waals surface area contributed by atoms with E-state index in [1.165, 1.54) is 19.3 Å². The number of rotatable bonds is 4. The van der Waals surface area contributed by atoms with E-state index >= 15 is 0 Å². The summed E-state index contributed by atoms with van der Waals surface area (Å²) >= 11 is 0. The lowest BCUT2D eigenvalue weighted by molar-refractivity contribution is 0.0930. The van der Waals surface area contributed by atoms with Crippen LogP contribution in [0.1, 0.15) is 64.7 Å². The van der Waals surface area contributed by atoms with Crippen LogP contribution in [0.5, 0.6) is 0 Å². The number of hydrogen-bond acceptors (Lipinski definition) is 0. The van der Waals surface area contributed by atoms with Gasteiger partial charge in [0, 0.05) is 0 Å². The van der Waals surface area contributed by atoms with Crippen molar-refractivity contribution in [2.75, 3.05) is 0 Å². The number of alkyl halides is 1. The second-order valence-electron chi connectivity index (χ2n) is 4.17. The zero-order valence-electron chi connectivity index (χ0n) is 8.24. The van der Waals surface area contributed by atoms with Crippen LogP contribution in [0.25, 0.3) is 0 Å². The molecule has 1 heteroatoms. The standard InChI is InChI=1S/C11H21F/c1-2-3-5-8-11(12)9-6-4-7-10-11/h2-10H2,1H3. The average Bonchev–Trinajstić information content (AvgIpc) is 2.06. The second-order valence-corrected chi connectivity index (χ2v) is 4.17. The number of unbranched alkanes of at least 4 members (excludes halogenated alkanes) is 2. The van der Waals surface area contributed by atoms with Crippen LogP contribution in [0, 0.1) is 0 Å². The summed E-state index contributed by atoms with van der Waals surface area (Å²) in [6, 6.07) is 0. The van der Waals surface area contributed by atoms with Gasteiger partial charge in [0.2, 0.25) is 0 Å². The van der Waals surface area contributed by atoms with Gasteiger partial charge in [-0.15, -0.1) is 0 Å². The molecule has 1 aliphatic rings. The molecule has 0 aromatic heterocycles. The number of halogens is 1. The van der Waals surface area contributed by atoms with Crippen molar-refractivity contribution in [1.82, 2.24) is 0 Å². The Bertz CT molecular complexity index is 114. The van der Waals surface area contributed by atoms with Crippen molar-refractivity contribution in [3.8, 4) is 0 Å². The first-order chi connectivity index (χ1) is 5.77. The lowest BCUT2D eigenvalue weighted by Crippen LogP contribution is -2.25. The molecule has 0 amide bonds. The summed E-state index contributed by atoms with van der Waals surface area (Å²) in [5.74, 6) is 0. The van der Waals surface area contributed by atoms with Gasteiger partial charge >= 0.3 is 0 Å². The molecule has 0 atom stereocenters. The average molecular weight is 172 g/mol. The van der Waals surface area contributed by atoms with Gasteiger partial charge in [0.25, 0.3) is 0 Å². The minimum atomic E-state index is -0.770. The second kappa shape index (κ2) is 4.84. The van der Waals surface area contributed by atoms with Crippen LogP contribution in [0.3, 0.4) is 0 Å². The maximum absolute atomic E-state index is 13.9. The topological polar surface area (TPSA) is 0 Å². The maximum Gasteiger partial charge on any atom is 0.111 e. The van der Waals surface area contributed by atoms with Gasteiger partial charge in [0.1, 0.15) is 5.67 Å². The molecule has 0 unspecified atom stereocenters. The van der Waals surface area contributed by atoms with Gasteiger partial charge in [0.15, 0.2) is 0 Å². The van der Waals surface area contributed by atoms with Gasteiger partial charge in [0.05, 0.1) is 0 Å². The smallest absolute Gasteiger partial charge is 0.111 e. The molecule has 0 radical (unpaired) electrons. The molecule has 1 saturated carbocycles. The van der Waals surface area contributed by atoms with Crippen molar-refractivity contribution in [2.24, 2.45) is 0 Å². The zero-order valence-corrected chi connectivity index (χ0v) is 8.24. The summed E-state index contributed by atoms with van der Waals surface area (Å²) in [5.41, 5.74) is -0.770. The third-order valence-electron chi connectivity index (χ3n) is 2.98. The molecule has 1 rings (SSSR count). The van der Waals surface area contributed by atoms with E-state index in [0.29, 0.717) is 0 Å². The Labute approximate surface area is 75.5 Å². The Morgan fingerprint density at radius 1 is 1.08 bits per heavy atom. The van der Waals surface area contributed by atoms with Crippen molar-refractivity contribution < 1.29 is 4.39 Å². The van der Waals surface area contributed by atoms with Crippen LogP contribution in [-0.4, -0.2) is 5.67 Å². The first-order valence-corrected chi connectivity index (χ1v) is 5.46. The Hall–Kier alpha value is -0.0700. The lowest BCUT2D eigenvalue weighted by Gasteiger charge is -2.29. The Balaban J connectivity index is 2.17. The summed E-state index contributed by atoms with van der Waals surface area (Å²) in [6.45, 7) is 2.17.